The Balaban J connectivity index is 2.26. The van der Waals surface area contributed by atoms with Crippen LogP contribution in [0.1, 0.15) is 55.3 Å². The van der Waals surface area contributed by atoms with E-state index >= 15 is 0 Å². The summed E-state index contributed by atoms with van der Waals surface area (Å²) in [4.78, 5) is 0. The van der Waals surface area contributed by atoms with Gasteiger partial charge in [-0.15, -0.1) is 0 Å². The van der Waals surface area contributed by atoms with Crippen LogP contribution >= 0.6 is 15.9 Å². The van der Waals surface area contributed by atoms with Crippen molar-refractivity contribution in [1.29, 1.82) is 0 Å². The van der Waals surface area contributed by atoms with Crippen LogP contribution in [0.3, 0.4) is 0 Å². The van der Waals surface area contributed by atoms with Crippen LogP contribution in [0.5, 0.6) is 0 Å². The molecular formula is C16H25BrN2. The first-order chi connectivity index (χ1) is 9.02. The molecule has 3 atom stereocenters. The van der Waals surface area contributed by atoms with Crippen LogP contribution in [0.2, 0.25) is 0 Å². The zero-order valence-electron chi connectivity index (χ0n) is 12.2. The van der Waals surface area contributed by atoms with Crippen LogP contribution in [0, 0.1) is 25.7 Å². The summed E-state index contributed by atoms with van der Waals surface area (Å²) in [6.07, 6.45) is 5.26. The second kappa shape index (κ2) is 6.38. The van der Waals surface area contributed by atoms with Gasteiger partial charge in [0, 0.05) is 10.5 Å². The van der Waals surface area contributed by atoms with Gasteiger partial charge >= 0.3 is 0 Å². The summed E-state index contributed by atoms with van der Waals surface area (Å²) in [5.41, 5.74) is 6.98. The van der Waals surface area contributed by atoms with Crippen LogP contribution in [0.25, 0.3) is 0 Å². The van der Waals surface area contributed by atoms with Crippen molar-refractivity contribution in [3.05, 3.63) is 33.3 Å². The van der Waals surface area contributed by atoms with Gasteiger partial charge in [-0.2, -0.15) is 0 Å². The van der Waals surface area contributed by atoms with Gasteiger partial charge in [-0.3, -0.25) is 11.3 Å². The third-order valence-electron chi connectivity index (χ3n) is 4.45. The van der Waals surface area contributed by atoms with E-state index in [4.69, 9.17) is 5.84 Å². The molecular weight excluding hydrogens is 300 g/mol. The van der Waals surface area contributed by atoms with E-state index in [0.29, 0.717) is 5.92 Å². The normalized spacial score (nSPS) is 25.3. The molecule has 3 unspecified atom stereocenters. The van der Waals surface area contributed by atoms with E-state index in [1.807, 2.05) is 0 Å². The Bertz CT molecular complexity index is 421. The quantitative estimate of drug-likeness (QED) is 0.639. The van der Waals surface area contributed by atoms with E-state index in [0.717, 1.165) is 5.92 Å². The topological polar surface area (TPSA) is 38.0 Å². The van der Waals surface area contributed by atoms with Gasteiger partial charge in [-0.05, 0) is 55.2 Å². The van der Waals surface area contributed by atoms with E-state index in [-0.39, 0.29) is 6.04 Å². The predicted molar refractivity (Wildman–Crippen MR) is 84.8 cm³/mol. The number of nitrogens with one attached hydrogen (secondary N) is 1. The number of nitrogens with two attached hydrogens (primary N) is 1. The highest BCUT2D eigenvalue weighted by Crippen LogP contribution is 2.38. The number of benzene rings is 1. The monoisotopic (exact) mass is 324 g/mol. The molecule has 1 fully saturated rings. The SMILES string of the molecule is Cc1cc(C(NN)C2CCCC(C)C2)cc(C)c1Br. The lowest BCUT2D eigenvalue weighted by atomic mass is 9.76. The summed E-state index contributed by atoms with van der Waals surface area (Å²) in [5.74, 6) is 7.34. The molecule has 106 valence electrons. The molecule has 1 saturated carbocycles. The first kappa shape index (κ1) is 15.0. The Hall–Kier alpha value is -0.380. The smallest absolute Gasteiger partial charge is 0.0488 e. The van der Waals surface area contributed by atoms with Gasteiger partial charge in [0.15, 0.2) is 0 Å². The second-order valence-electron chi connectivity index (χ2n) is 6.14. The van der Waals surface area contributed by atoms with Gasteiger partial charge in [0.25, 0.3) is 0 Å². The molecule has 2 nitrogen and oxygen atoms in total. The molecule has 1 aromatic carbocycles. The largest absolute Gasteiger partial charge is 0.271 e. The van der Waals surface area contributed by atoms with Crippen LogP contribution in [0.4, 0.5) is 0 Å². The fourth-order valence-electron chi connectivity index (χ4n) is 3.45. The maximum Gasteiger partial charge on any atom is 0.0488 e. The standard InChI is InChI=1S/C16H25BrN2/c1-10-5-4-6-13(7-10)16(19-18)14-8-11(2)15(17)12(3)9-14/h8-10,13,16,19H,4-7,18H2,1-3H3. The van der Waals surface area contributed by atoms with Gasteiger partial charge in [0.1, 0.15) is 0 Å². The molecule has 0 bridgehead atoms. The summed E-state index contributed by atoms with van der Waals surface area (Å²) in [5, 5.41) is 0. The second-order valence-corrected chi connectivity index (χ2v) is 6.94. The molecule has 2 rings (SSSR count). The average molecular weight is 325 g/mol. The molecule has 0 aromatic heterocycles. The van der Waals surface area contributed by atoms with Gasteiger partial charge in [0.05, 0.1) is 0 Å². The highest BCUT2D eigenvalue weighted by molar-refractivity contribution is 9.10. The molecule has 0 radical (unpaired) electrons. The van der Waals surface area contributed by atoms with Crippen molar-refractivity contribution in [2.45, 2.75) is 52.5 Å². The molecule has 0 aliphatic heterocycles. The van der Waals surface area contributed by atoms with Gasteiger partial charge < -0.3 is 0 Å². The minimum absolute atomic E-state index is 0.285. The van der Waals surface area contributed by atoms with Crippen molar-refractivity contribution in [1.82, 2.24) is 5.43 Å². The molecule has 1 aliphatic carbocycles. The highest BCUT2D eigenvalue weighted by atomic mass is 79.9. The number of hydrazine groups is 1. The van der Waals surface area contributed by atoms with Crippen molar-refractivity contribution in [3.63, 3.8) is 0 Å². The van der Waals surface area contributed by atoms with Crippen molar-refractivity contribution >= 4 is 15.9 Å². The summed E-state index contributed by atoms with van der Waals surface area (Å²) in [6.45, 7) is 6.66. The number of hydrogen-bond donors (Lipinski definition) is 2. The zero-order chi connectivity index (χ0) is 14.0. The number of aryl methyl sites for hydroxylation is 2. The van der Waals surface area contributed by atoms with Gasteiger partial charge in [-0.1, -0.05) is 47.8 Å². The maximum absolute atomic E-state index is 5.86. The number of hydrogen-bond acceptors (Lipinski definition) is 2. The maximum atomic E-state index is 5.86. The molecule has 1 aliphatic rings. The lowest BCUT2D eigenvalue weighted by molar-refractivity contribution is 0.224. The molecule has 3 N–H and O–H groups in total. The molecule has 0 spiro atoms. The van der Waals surface area contributed by atoms with Gasteiger partial charge in [0.2, 0.25) is 0 Å². The molecule has 0 saturated heterocycles. The minimum atomic E-state index is 0.285. The third-order valence-corrected chi connectivity index (χ3v) is 5.70. The van der Waals surface area contributed by atoms with Crippen LogP contribution in [0.15, 0.2) is 16.6 Å². The molecule has 19 heavy (non-hydrogen) atoms. The van der Waals surface area contributed by atoms with E-state index < -0.39 is 0 Å². The Labute approximate surface area is 125 Å². The first-order valence-corrected chi connectivity index (χ1v) is 8.05. The Morgan fingerprint density at radius 3 is 2.42 bits per heavy atom. The molecule has 0 amide bonds. The highest BCUT2D eigenvalue weighted by Gasteiger charge is 2.27. The van der Waals surface area contributed by atoms with E-state index in [9.17, 15) is 0 Å². The zero-order valence-corrected chi connectivity index (χ0v) is 13.8. The van der Waals surface area contributed by atoms with E-state index in [1.54, 1.807) is 0 Å². The van der Waals surface area contributed by atoms with Crippen molar-refractivity contribution in [3.8, 4) is 0 Å². The predicted octanol–water partition coefficient (Wildman–Crippen LogP) is 4.40. The van der Waals surface area contributed by atoms with Crippen LogP contribution < -0.4 is 11.3 Å². The fraction of sp³-hybridized carbons (Fsp3) is 0.625. The molecule has 3 heteroatoms. The Morgan fingerprint density at radius 2 is 1.89 bits per heavy atom. The van der Waals surface area contributed by atoms with E-state index in [2.05, 4.69) is 54.3 Å². The first-order valence-electron chi connectivity index (χ1n) is 7.25. The summed E-state index contributed by atoms with van der Waals surface area (Å²) in [6, 6.07) is 4.81. The summed E-state index contributed by atoms with van der Waals surface area (Å²) < 4.78 is 1.21. The minimum Gasteiger partial charge on any atom is -0.271 e. The third kappa shape index (κ3) is 3.39. The van der Waals surface area contributed by atoms with Crippen LogP contribution in [-0.2, 0) is 0 Å². The van der Waals surface area contributed by atoms with Crippen molar-refractivity contribution in [2.24, 2.45) is 17.7 Å². The van der Waals surface area contributed by atoms with Crippen LogP contribution in [-0.4, -0.2) is 0 Å². The summed E-state index contributed by atoms with van der Waals surface area (Å²) in [7, 11) is 0. The molecule has 1 aromatic rings. The van der Waals surface area contributed by atoms with E-state index in [1.165, 1.54) is 46.8 Å². The molecule has 0 heterocycles. The average Bonchev–Trinajstić information content (AvgIpc) is 2.37. The van der Waals surface area contributed by atoms with Crippen molar-refractivity contribution in [2.75, 3.05) is 0 Å². The number of halogens is 1. The van der Waals surface area contributed by atoms with Gasteiger partial charge in [-0.25, -0.2) is 0 Å². The Morgan fingerprint density at radius 1 is 1.26 bits per heavy atom. The number of rotatable bonds is 3. The Kier molecular flexibility index (Phi) is 5.04. The lowest BCUT2D eigenvalue weighted by Crippen LogP contribution is -2.35. The van der Waals surface area contributed by atoms with Crippen molar-refractivity contribution < 1.29 is 0 Å². The lowest BCUT2D eigenvalue weighted by Gasteiger charge is -2.33. The summed E-state index contributed by atoms with van der Waals surface area (Å²) >= 11 is 3.64. The fourth-order valence-corrected chi connectivity index (χ4v) is 3.68.